The van der Waals surface area contributed by atoms with Crippen molar-refractivity contribution in [1.29, 1.82) is 5.26 Å². The van der Waals surface area contributed by atoms with Crippen molar-refractivity contribution >= 4 is 27.5 Å². The number of aromatic nitrogens is 3. The molecule has 2 aromatic heterocycles. The summed E-state index contributed by atoms with van der Waals surface area (Å²) in [5, 5.41) is 23.8. The molecule has 13 heteroatoms. The number of hydrogen-bond donors (Lipinski definition) is 2. The number of alkyl halides is 2. The van der Waals surface area contributed by atoms with E-state index in [4.69, 9.17) is 14.7 Å². The Hall–Kier alpha value is -4.28. The zero-order valence-corrected chi connectivity index (χ0v) is 26.1. The normalized spacial score (nSPS) is 27.5. The summed E-state index contributed by atoms with van der Waals surface area (Å²) in [6, 6.07) is 6.16. The van der Waals surface area contributed by atoms with E-state index in [0.717, 1.165) is 44.8 Å². The Balaban J connectivity index is 1.28. The van der Waals surface area contributed by atoms with Crippen LogP contribution in [0.4, 0.5) is 23.4 Å². The van der Waals surface area contributed by atoms with Crippen molar-refractivity contribution in [3.8, 4) is 29.1 Å². The van der Waals surface area contributed by atoms with Gasteiger partial charge < -0.3 is 14.7 Å². The number of phenols is 1. The second kappa shape index (κ2) is 10.4. The maximum atomic E-state index is 17.1. The Morgan fingerprint density at radius 2 is 1.83 bits per heavy atom. The van der Waals surface area contributed by atoms with E-state index < -0.39 is 29.3 Å². The van der Waals surface area contributed by atoms with Crippen molar-refractivity contribution in [2.75, 3.05) is 31.1 Å². The van der Waals surface area contributed by atoms with E-state index >= 15 is 13.2 Å². The molecule has 0 amide bonds. The lowest BCUT2D eigenvalue weighted by Crippen LogP contribution is -2.68. The third kappa shape index (κ3) is 4.31. The highest BCUT2D eigenvalue weighted by Gasteiger charge is 2.60. The van der Waals surface area contributed by atoms with Crippen LogP contribution in [0.25, 0.3) is 32.9 Å². The number of benzene rings is 2. The second-order valence-corrected chi connectivity index (χ2v) is 14.1. The van der Waals surface area contributed by atoms with Gasteiger partial charge in [-0.05, 0) is 81.6 Å². The molecule has 4 fully saturated rings. The number of piperazine rings is 1. The van der Waals surface area contributed by atoms with Crippen molar-refractivity contribution in [2.45, 2.75) is 81.0 Å². The minimum absolute atomic E-state index is 0.00136. The fourth-order valence-electron chi connectivity index (χ4n) is 9.16. The van der Waals surface area contributed by atoms with Gasteiger partial charge in [-0.15, -0.1) is 0 Å². The first kappa shape index (κ1) is 29.8. The molecule has 7 heterocycles. The molecule has 4 aromatic rings. The molecule has 5 aliphatic heterocycles. The number of rotatable bonds is 4. The lowest BCUT2D eigenvalue weighted by molar-refractivity contribution is 0.00892. The van der Waals surface area contributed by atoms with E-state index in [-0.39, 0.29) is 82.2 Å². The number of fused-ring (bicyclic) bond motifs is 7. The van der Waals surface area contributed by atoms with Gasteiger partial charge >= 0.3 is 6.01 Å². The zero-order chi connectivity index (χ0) is 33.0. The number of nitrogens with one attached hydrogen (secondary N) is 1. The average molecular weight is 660 g/mol. The molecular weight excluding hydrogens is 626 g/mol. The first-order valence-electron chi connectivity index (χ1n) is 16.7. The second-order valence-electron chi connectivity index (χ2n) is 14.1. The molecule has 2 bridgehead atoms. The predicted octanol–water partition coefficient (Wildman–Crippen LogP) is 5.95. The molecule has 0 unspecified atom stereocenters. The molecule has 0 aliphatic carbocycles. The molecule has 2 N–H and O–H groups in total. The fourth-order valence-corrected chi connectivity index (χ4v) is 9.16. The summed E-state index contributed by atoms with van der Waals surface area (Å²) >= 11 is 0. The molecular formula is C35H33F4N7O2. The van der Waals surface area contributed by atoms with E-state index in [2.05, 4.69) is 15.2 Å². The summed E-state index contributed by atoms with van der Waals surface area (Å²) in [6.45, 7) is 2.04. The van der Waals surface area contributed by atoms with Gasteiger partial charge in [0.25, 0.3) is 0 Å². The number of nitriles is 1. The number of hydrogen-bond acceptors (Lipinski definition) is 9. The van der Waals surface area contributed by atoms with Crippen molar-refractivity contribution in [3.63, 3.8) is 0 Å². The molecule has 5 aliphatic rings. The Morgan fingerprint density at radius 3 is 2.62 bits per heavy atom. The standard InChI is InChI=1S/C35H33F4N7O2/c36-23-7-6-19-14-20(47)15-21(26(19)22(23)16-40)29-28(37)30-27-24(41-29)4-1-5-25-35(39)11-10-34(38,44-35)17-46(25)31(27)43-32(42-30)48-18-33-8-2-12-45(33)13-3-9-33/h6-7,14-15,25,44,47H,1-5,8-13,17-18H2/t25-,34-,35+/m1/s1. The summed E-state index contributed by atoms with van der Waals surface area (Å²) in [4.78, 5) is 18.1. The molecule has 0 radical (unpaired) electrons. The van der Waals surface area contributed by atoms with Gasteiger partial charge in [0.2, 0.25) is 0 Å². The van der Waals surface area contributed by atoms with Gasteiger partial charge in [0, 0.05) is 23.8 Å². The van der Waals surface area contributed by atoms with Crippen LogP contribution in [-0.4, -0.2) is 74.4 Å². The van der Waals surface area contributed by atoms with Crippen molar-refractivity contribution in [3.05, 3.63) is 47.2 Å². The van der Waals surface area contributed by atoms with Crippen LogP contribution >= 0.6 is 0 Å². The molecule has 9 rings (SSSR count). The van der Waals surface area contributed by atoms with Crippen LogP contribution in [0.1, 0.15) is 62.6 Å². The number of nitrogens with zero attached hydrogens (tertiary/aromatic N) is 6. The van der Waals surface area contributed by atoms with Crippen molar-refractivity contribution < 1.29 is 27.4 Å². The highest BCUT2D eigenvalue weighted by atomic mass is 19.2. The molecule has 48 heavy (non-hydrogen) atoms. The van der Waals surface area contributed by atoms with E-state index in [1.807, 2.05) is 6.07 Å². The van der Waals surface area contributed by atoms with Crippen LogP contribution in [0.5, 0.6) is 11.8 Å². The first-order valence-corrected chi connectivity index (χ1v) is 16.7. The monoisotopic (exact) mass is 659 g/mol. The van der Waals surface area contributed by atoms with Gasteiger partial charge in [-0.25, -0.2) is 27.9 Å². The molecule has 2 aromatic carbocycles. The predicted molar refractivity (Wildman–Crippen MR) is 169 cm³/mol. The summed E-state index contributed by atoms with van der Waals surface area (Å²) in [5.41, 5.74) is -0.434. The maximum Gasteiger partial charge on any atom is 0.319 e. The van der Waals surface area contributed by atoms with Gasteiger partial charge in [-0.2, -0.15) is 15.2 Å². The first-order chi connectivity index (χ1) is 23.1. The van der Waals surface area contributed by atoms with Crippen LogP contribution in [0.2, 0.25) is 0 Å². The number of phenolic OH excluding ortho intramolecular Hbond substituents is 1. The van der Waals surface area contributed by atoms with E-state index in [1.54, 1.807) is 4.90 Å². The van der Waals surface area contributed by atoms with Crippen LogP contribution in [0.3, 0.4) is 0 Å². The van der Waals surface area contributed by atoms with Gasteiger partial charge in [-0.1, -0.05) is 6.07 Å². The smallest absolute Gasteiger partial charge is 0.319 e. The van der Waals surface area contributed by atoms with Gasteiger partial charge in [0.05, 0.1) is 34.8 Å². The Kier molecular flexibility index (Phi) is 6.44. The van der Waals surface area contributed by atoms with Crippen LogP contribution < -0.4 is 15.0 Å². The maximum absolute atomic E-state index is 17.1. The highest BCUT2D eigenvalue weighted by Crippen LogP contribution is 2.49. The lowest BCUT2D eigenvalue weighted by Gasteiger charge is -2.47. The minimum atomic E-state index is -2.00. The lowest BCUT2D eigenvalue weighted by atomic mass is 9.91. The molecule has 4 saturated heterocycles. The Morgan fingerprint density at radius 1 is 1.02 bits per heavy atom. The summed E-state index contributed by atoms with van der Waals surface area (Å²) < 4.78 is 70.7. The largest absolute Gasteiger partial charge is 0.508 e. The molecule has 9 nitrogen and oxygen atoms in total. The van der Waals surface area contributed by atoms with E-state index in [1.165, 1.54) is 18.2 Å². The van der Waals surface area contributed by atoms with Crippen LogP contribution in [-0.2, 0) is 6.42 Å². The highest BCUT2D eigenvalue weighted by molar-refractivity contribution is 6.03. The molecule has 248 valence electrons. The quantitative estimate of drug-likeness (QED) is 0.203. The number of ether oxygens (including phenoxy) is 1. The number of aromatic hydroxyl groups is 1. The van der Waals surface area contributed by atoms with Gasteiger partial charge in [-0.3, -0.25) is 4.90 Å². The SMILES string of the molecule is N#Cc1c(F)ccc2cc(O)cc(-c3nc4c5c(nc(OCC67CCCN6CCC7)nc5c3F)N3C[C@@]5(F)CC[C@](F)(N5)[C@H]3CCC4)c12. The van der Waals surface area contributed by atoms with Crippen molar-refractivity contribution in [1.82, 2.24) is 25.2 Å². The van der Waals surface area contributed by atoms with Crippen LogP contribution in [0.15, 0.2) is 24.3 Å². The molecule has 0 spiro atoms. The van der Waals surface area contributed by atoms with Gasteiger partial charge in [0.15, 0.2) is 17.4 Å². The molecule has 3 atom stereocenters. The topological polar surface area (TPSA) is 110 Å². The summed E-state index contributed by atoms with van der Waals surface area (Å²) in [6.07, 6.45) is 5.10. The fraction of sp³-hybridized carbons (Fsp3) is 0.486. The third-order valence-corrected chi connectivity index (χ3v) is 11.3. The van der Waals surface area contributed by atoms with Crippen molar-refractivity contribution in [2.24, 2.45) is 0 Å². The van der Waals surface area contributed by atoms with E-state index in [0.29, 0.717) is 30.3 Å². The Labute approximate surface area is 273 Å². The minimum Gasteiger partial charge on any atom is -0.508 e. The number of aryl methyl sites for hydroxylation is 1. The average Bonchev–Trinajstić information content (AvgIpc) is 3.72. The molecule has 0 saturated carbocycles. The number of pyridine rings is 1. The van der Waals surface area contributed by atoms with Gasteiger partial charge in [0.1, 0.15) is 41.3 Å². The van der Waals surface area contributed by atoms with Crippen LogP contribution in [0, 0.1) is 23.0 Å². The Bertz CT molecular complexity index is 2060. The summed E-state index contributed by atoms with van der Waals surface area (Å²) in [7, 11) is 0. The van der Waals surface area contributed by atoms with E-state index in [9.17, 15) is 14.8 Å². The third-order valence-electron chi connectivity index (χ3n) is 11.3. The zero-order valence-electron chi connectivity index (χ0n) is 26.1. The number of anilines is 1. The number of halogens is 4. The summed E-state index contributed by atoms with van der Waals surface area (Å²) in [5.74, 6) is -5.75.